The summed E-state index contributed by atoms with van der Waals surface area (Å²) in [6.45, 7) is 9.94. The zero-order valence-corrected chi connectivity index (χ0v) is 19.4. The number of carbonyl (C=O) groups excluding carboxylic acids is 2. The van der Waals surface area contributed by atoms with Crippen LogP contribution in [0.2, 0.25) is 0 Å². The van der Waals surface area contributed by atoms with Crippen molar-refractivity contribution in [3.63, 3.8) is 0 Å². The van der Waals surface area contributed by atoms with Gasteiger partial charge in [-0.15, -0.1) is 0 Å². The fourth-order valence-corrected chi connectivity index (χ4v) is 4.08. The molecule has 1 aliphatic rings. The summed E-state index contributed by atoms with van der Waals surface area (Å²) in [4.78, 5) is 49.1. The van der Waals surface area contributed by atoms with E-state index >= 15 is 0 Å². The van der Waals surface area contributed by atoms with Gasteiger partial charge >= 0.3 is 0 Å². The van der Waals surface area contributed by atoms with Crippen molar-refractivity contribution in [2.24, 2.45) is 0 Å². The summed E-state index contributed by atoms with van der Waals surface area (Å²) in [5.74, 6) is 0.277. The van der Waals surface area contributed by atoms with Crippen LogP contribution in [-0.4, -0.2) is 62.3 Å². The molecule has 0 aliphatic carbocycles. The van der Waals surface area contributed by atoms with Gasteiger partial charge in [-0.25, -0.2) is 4.98 Å². The number of hydrogen-bond donors (Lipinski definition) is 1. The Morgan fingerprint density at radius 2 is 1.76 bits per heavy atom. The van der Waals surface area contributed by atoms with Crippen LogP contribution in [-0.2, 0) is 11.3 Å². The number of hydrogen-bond acceptors (Lipinski definition) is 6. The molecule has 1 atom stereocenters. The number of benzene rings is 1. The summed E-state index contributed by atoms with van der Waals surface area (Å²) in [6, 6.07) is 10.6. The van der Waals surface area contributed by atoms with E-state index in [1.807, 2.05) is 38.1 Å². The SMILES string of the molecule is C=CC(=O)N1CCN(C(=O)c2ccc(C(C)Nc3ncc4ccc(=O)n(CC)c4n3)cc2)CC1. The van der Waals surface area contributed by atoms with E-state index in [0.29, 0.717) is 49.9 Å². The van der Waals surface area contributed by atoms with E-state index in [1.165, 1.54) is 12.1 Å². The number of amides is 2. The Balaban J connectivity index is 1.43. The van der Waals surface area contributed by atoms with Crippen LogP contribution in [0.1, 0.15) is 35.8 Å². The zero-order valence-electron chi connectivity index (χ0n) is 19.4. The molecule has 34 heavy (non-hydrogen) atoms. The molecule has 1 unspecified atom stereocenters. The van der Waals surface area contributed by atoms with Gasteiger partial charge in [-0.2, -0.15) is 4.98 Å². The largest absolute Gasteiger partial charge is 0.348 e. The maximum absolute atomic E-state index is 12.9. The van der Waals surface area contributed by atoms with E-state index in [2.05, 4.69) is 21.9 Å². The Morgan fingerprint density at radius 1 is 1.09 bits per heavy atom. The van der Waals surface area contributed by atoms with Gasteiger partial charge in [-0.05, 0) is 43.7 Å². The third-order valence-electron chi connectivity index (χ3n) is 6.10. The number of aromatic nitrogens is 3. The molecule has 1 aromatic carbocycles. The highest BCUT2D eigenvalue weighted by Gasteiger charge is 2.23. The fraction of sp³-hybridized carbons (Fsp3) is 0.320. The van der Waals surface area contributed by atoms with Gasteiger partial charge in [-0.1, -0.05) is 18.7 Å². The molecule has 0 radical (unpaired) electrons. The first-order valence-electron chi connectivity index (χ1n) is 11.3. The fourth-order valence-electron chi connectivity index (χ4n) is 4.08. The average molecular weight is 461 g/mol. The van der Waals surface area contributed by atoms with Gasteiger partial charge in [0.2, 0.25) is 11.9 Å². The number of nitrogens with one attached hydrogen (secondary N) is 1. The maximum atomic E-state index is 12.9. The summed E-state index contributed by atoms with van der Waals surface area (Å²) < 4.78 is 1.61. The van der Waals surface area contributed by atoms with Gasteiger partial charge in [0.25, 0.3) is 11.5 Å². The van der Waals surface area contributed by atoms with Crippen molar-refractivity contribution in [2.45, 2.75) is 26.4 Å². The number of carbonyl (C=O) groups is 2. The van der Waals surface area contributed by atoms with Crippen LogP contribution in [0.5, 0.6) is 0 Å². The van der Waals surface area contributed by atoms with Crippen LogP contribution in [0.15, 0.2) is 60.0 Å². The van der Waals surface area contributed by atoms with Gasteiger partial charge in [-0.3, -0.25) is 19.0 Å². The maximum Gasteiger partial charge on any atom is 0.253 e. The monoisotopic (exact) mass is 460 g/mol. The van der Waals surface area contributed by atoms with Crippen LogP contribution in [0.3, 0.4) is 0 Å². The normalized spacial score (nSPS) is 14.6. The molecule has 1 saturated heterocycles. The Bertz CT molecular complexity index is 1280. The minimum absolute atomic E-state index is 0.0479. The van der Waals surface area contributed by atoms with Crippen LogP contribution in [0.25, 0.3) is 11.0 Å². The Labute approximate surface area is 197 Å². The van der Waals surface area contributed by atoms with E-state index in [9.17, 15) is 14.4 Å². The van der Waals surface area contributed by atoms with Crippen molar-refractivity contribution < 1.29 is 9.59 Å². The van der Waals surface area contributed by atoms with Crippen molar-refractivity contribution in [2.75, 3.05) is 31.5 Å². The lowest BCUT2D eigenvalue weighted by molar-refractivity contribution is -0.127. The Morgan fingerprint density at radius 3 is 2.41 bits per heavy atom. The third-order valence-corrected chi connectivity index (χ3v) is 6.10. The average Bonchev–Trinajstić information content (AvgIpc) is 2.88. The number of fused-ring (bicyclic) bond motifs is 1. The van der Waals surface area contributed by atoms with Crippen molar-refractivity contribution in [1.29, 1.82) is 0 Å². The Hall–Kier alpha value is -4.01. The number of piperazine rings is 1. The highest BCUT2D eigenvalue weighted by atomic mass is 16.2. The van der Waals surface area contributed by atoms with Crippen molar-refractivity contribution in [3.8, 4) is 0 Å². The van der Waals surface area contributed by atoms with Crippen LogP contribution in [0, 0.1) is 0 Å². The molecule has 4 rings (SSSR count). The first-order valence-corrected chi connectivity index (χ1v) is 11.3. The Kier molecular flexibility index (Phi) is 6.72. The molecule has 9 heteroatoms. The summed E-state index contributed by atoms with van der Waals surface area (Å²) in [5, 5.41) is 4.08. The first kappa shape index (κ1) is 23.2. The lowest BCUT2D eigenvalue weighted by atomic mass is 10.1. The van der Waals surface area contributed by atoms with Gasteiger partial charge in [0.05, 0.1) is 6.04 Å². The second kappa shape index (κ2) is 9.86. The minimum Gasteiger partial charge on any atom is -0.348 e. The summed E-state index contributed by atoms with van der Waals surface area (Å²) in [5.41, 5.74) is 2.08. The highest BCUT2D eigenvalue weighted by Crippen LogP contribution is 2.20. The lowest BCUT2D eigenvalue weighted by Gasteiger charge is -2.34. The second-order valence-electron chi connectivity index (χ2n) is 8.20. The number of rotatable bonds is 6. The van der Waals surface area contributed by atoms with E-state index in [1.54, 1.807) is 26.6 Å². The standard InChI is InChI=1S/C25H28N6O3/c1-4-21(32)29-12-14-30(15-13-29)24(34)19-8-6-18(7-9-19)17(3)27-25-26-16-20-10-11-22(33)31(5-2)23(20)28-25/h4,6-11,16-17H,1,5,12-15H2,2-3H3,(H,26,27,28). The summed E-state index contributed by atoms with van der Waals surface area (Å²) in [6.07, 6.45) is 3.00. The molecule has 176 valence electrons. The van der Waals surface area contributed by atoms with Crippen LogP contribution < -0.4 is 10.9 Å². The molecule has 1 aliphatic heterocycles. The van der Waals surface area contributed by atoms with Crippen LogP contribution >= 0.6 is 0 Å². The van der Waals surface area contributed by atoms with Gasteiger partial charge in [0.1, 0.15) is 5.65 Å². The molecule has 0 spiro atoms. The molecule has 0 saturated carbocycles. The molecule has 9 nitrogen and oxygen atoms in total. The predicted octanol–water partition coefficient (Wildman–Crippen LogP) is 2.45. The molecular formula is C25H28N6O3. The molecule has 3 heterocycles. The van der Waals surface area contributed by atoms with E-state index in [0.717, 1.165) is 10.9 Å². The molecule has 1 N–H and O–H groups in total. The molecular weight excluding hydrogens is 432 g/mol. The highest BCUT2D eigenvalue weighted by molar-refractivity contribution is 5.94. The van der Waals surface area contributed by atoms with Crippen molar-refractivity contribution in [3.05, 3.63) is 76.7 Å². The molecule has 2 amide bonds. The first-order chi connectivity index (χ1) is 16.4. The lowest BCUT2D eigenvalue weighted by Crippen LogP contribution is -2.50. The van der Waals surface area contributed by atoms with Crippen molar-refractivity contribution >= 4 is 28.8 Å². The number of anilines is 1. The second-order valence-corrected chi connectivity index (χ2v) is 8.20. The summed E-state index contributed by atoms with van der Waals surface area (Å²) >= 11 is 0. The van der Waals surface area contributed by atoms with Gasteiger partial charge < -0.3 is 15.1 Å². The zero-order chi connectivity index (χ0) is 24.2. The van der Waals surface area contributed by atoms with E-state index in [-0.39, 0.29) is 23.4 Å². The van der Waals surface area contributed by atoms with Gasteiger partial charge in [0.15, 0.2) is 0 Å². The molecule has 2 aromatic heterocycles. The molecule has 1 fully saturated rings. The topological polar surface area (TPSA) is 100 Å². The van der Waals surface area contributed by atoms with Crippen molar-refractivity contribution in [1.82, 2.24) is 24.3 Å². The third kappa shape index (κ3) is 4.68. The van der Waals surface area contributed by atoms with E-state index < -0.39 is 0 Å². The quantitative estimate of drug-likeness (QED) is 0.567. The van der Waals surface area contributed by atoms with Crippen LogP contribution in [0.4, 0.5) is 5.95 Å². The number of nitrogens with zero attached hydrogens (tertiary/aromatic N) is 5. The van der Waals surface area contributed by atoms with E-state index in [4.69, 9.17) is 0 Å². The molecule has 3 aromatic rings. The minimum atomic E-state index is -0.111. The predicted molar refractivity (Wildman–Crippen MR) is 131 cm³/mol. The smallest absolute Gasteiger partial charge is 0.253 e. The number of aryl methyl sites for hydroxylation is 1. The summed E-state index contributed by atoms with van der Waals surface area (Å²) in [7, 11) is 0. The molecule has 0 bridgehead atoms. The number of pyridine rings is 1. The van der Waals surface area contributed by atoms with Gasteiger partial charge in [0, 0.05) is 55.9 Å².